The lowest BCUT2D eigenvalue weighted by Crippen LogP contribution is -2.18. The first-order valence-electron chi connectivity index (χ1n) is 5.99. The van der Waals surface area contributed by atoms with Crippen LogP contribution in [0, 0.1) is 0 Å². The van der Waals surface area contributed by atoms with Crippen LogP contribution in [0.1, 0.15) is 17.2 Å². The molecule has 2 aromatic rings. The van der Waals surface area contributed by atoms with E-state index < -0.39 is 0 Å². The SMILES string of the molecule is CNC(Cc1cc(OC)ccc1Br)c1cc(Br)sc1Br. The molecule has 1 unspecified atom stereocenters. The van der Waals surface area contributed by atoms with Crippen LogP contribution in [0.15, 0.2) is 36.3 Å². The molecule has 1 atom stereocenters. The predicted molar refractivity (Wildman–Crippen MR) is 95.9 cm³/mol. The third kappa shape index (κ3) is 3.85. The molecule has 1 heterocycles. The van der Waals surface area contributed by atoms with Gasteiger partial charge < -0.3 is 10.1 Å². The zero-order valence-corrected chi connectivity index (χ0v) is 16.6. The van der Waals surface area contributed by atoms with Crippen molar-refractivity contribution in [2.45, 2.75) is 12.5 Å². The summed E-state index contributed by atoms with van der Waals surface area (Å²) in [5.41, 5.74) is 2.48. The van der Waals surface area contributed by atoms with Crippen LogP contribution in [0.3, 0.4) is 0 Å². The maximum absolute atomic E-state index is 5.30. The fraction of sp³-hybridized carbons (Fsp3) is 0.286. The minimum atomic E-state index is 0.246. The van der Waals surface area contributed by atoms with Crippen molar-refractivity contribution in [3.63, 3.8) is 0 Å². The van der Waals surface area contributed by atoms with Gasteiger partial charge in [0.15, 0.2) is 0 Å². The number of thiophene rings is 1. The Morgan fingerprint density at radius 1 is 1.25 bits per heavy atom. The third-order valence-electron chi connectivity index (χ3n) is 3.08. The number of hydrogen-bond donors (Lipinski definition) is 1. The van der Waals surface area contributed by atoms with Crippen molar-refractivity contribution in [3.8, 4) is 5.75 Å². The molecular formula is C14H14Br3NOS. The lowest BCUT2D eigenvalue weighted by atomic mass is 10.0. The first-order chi connectivity index (χ1) is 9.55. The molecule has 0 aliphatic carbocycles. The fourth-order valence-corrected chi connectivity index (χ4v) is 5.39. The topological polar surface area (TPSA) is 21.3 Å². The summed E-state index contributed by atoms with van der Waals surface area (Å²) in [7, 11) is 3.67. The van der Waals surface area contributed by atoms with Crippen molar-refractivity contribution in [2.75, 3.05) is 14.2 Å². The Balaban J connectivity index is 2.28. The van der Waals surface area contributed by atoms with Gasteiger partial charge in [-0.2, -0.15) is 0 Å². The average molecular weight is 484 g/mol. The maximum atomic E-state index is 5.30. The number of hydrogen-bond acceptors (Lipinski definition) is 3. The highest BCUT2D eigenvalue weighted by atomic mass is 79.9. The summed E-state index contributed by atoms with van der Waals surface area (Å²) < 4.78 is 8.69. The van der Waals surface area contributed by atoms with Gasteiger partial charge >= 0.3 is 0 Å². The van der Waals surface area contributed by atoms with Gasteiger partial charge in [0.25, 0.3) is 0 Å². The van der Waals surface area contributed by atoms with Gasteiger partial charge in [-0.15, -0.1) is 11.3 Å². The standard InChI is InChI=1S/C14H14Br3NOS/c1-18-12(10-7-13(16)20-14(10)17)6-8-5-9(19-2)3-4-11(8)15/h3-5,7,12,18H,6H2,1-2H3. The molecule has 0 aliphatic rings. The van der Waals surface area contributed by atoms with Crippen LogP contribution in [0.25, 0.3) is 0 Å². The van der Waals surface area contributed by atoms with Gasteiger partial charge in [0.1, 0.15) is 5.75 Å². The molecule has 1 aromatic carbocycles. The second kappa shape index (κ2) is 7.40. The molecule has 1 aromatic heterocycles. The molecule has 20 heavy (non-hydrogen) atoms. The minimum Gasteiger partial charge on any atom is -0.497 e. The molecule has 0 amide bonds. The Morgan fingerprint density at radius 2 is 2.00 bits per heavy atom. The molecule has 0 saturated heterocycles. The average Bonchev–Trinajstić information content (AvgIpc) is 2.76. The van der Waals surface area contributed by atoms with Gasteiger partial charge in [0, 0.05) is 10.5 Å². The lowest BCUT2D eigenvalue weighted by Gasteiger charge is -2.17. The number of benzene rings is 1. The van der Waals surface area contributed by atoms with Crippen molar-refractivity contribution in [3.05, 3.63) is 47.4 Å². The van der Waals surface area contributed by atoms with Crippen molar-refractivity contribution in [1.82, 2.24) is 5.32 Å². The van der Waals surface area contributed by atoms with E-state index in [1.54, 1.807) is 18.4 Å². The Hall–Kier alpha value is 0.120. The summed E-state index contributed by atoms with van der Waals surface area (Å²) in [4.78, 5) is 0. The molecule has 2 nitrogen and oxygen atoms in total. The zero-order chi connectivity index (χ0) is 14.7. The van der Waals surface area contributed by atoms with Crippen LogP contribution in [-0.2, 0) is 6.42 Å². The van der Waals surface area contributed by atoms with E-state index in [-0.39, 0.29) is 6.04 Å². The predicted octanol–water partition coefficient (Wildman–Crippen LogP) is 5.55. The highest BCUT2D eigenvalue weighted by Crippen LogP contribution is 2.37. The van der Waals surface area contributed by atoms with Crippen LogP contribution in [0.2, 0.25) is 0 Å². The van der Waals surface area contributed by atoms with Crippen molar-refractivity contribution >= 4 is 59.1 Å². The van der Waals surface area contributed by atoms with E-state index in [9.17, 15) is 0 Å². The molecule has 0 fully saturated rings. The smallest absolute Gasteiger partial charge is 0.119 e. The molecule has 0 spiro atoms. The molecule has 0 saturated carbocycles. The Bertz CT molecular complexity index is 600. The van der Waals surface area contributed by atoms with E-state index in [2.05, 4.69) is 65.2 Å². The van der Waals surface area contributed by atoms with Crippen LogP contribution in [-0.4, -0.2) is 14.2 Å². The summed E-state index contributed by atoms with van der Waals surface area (Å²) in [5, 5.41) is 3.38. The second-order valence-corrected chi connectivity index (χ2v) is 8.89. The molecule has 108 valence electrons. The van der Waals surface area contributed by atoms with Gasteiger partial charge in [-0.1, -0.05) is 15.9 Å². The van der Waals surface area contributed by atoms with Crippen molar-refractivity contribution < 1.29 is 4.74 Å². The summed E-state index contributed by atoms with van der Waals surface area (Å²) in [5.74, 6) is 0.878. The molecular weight excluding hydrogens is 470 g/mol. The number of nitrogens with one attached hydrogen (secondary N) is 1. The van der Waals surface area contributed by atoms with Crippen molar-refractivity contribution in [2.24, 2.45) is 0 Å². The van der Waals surface area contributed by atoms with Crippen LogP contribution < -0.4 is 10.1 Å². The number of methoxy groups -OCH3 is 1. The van der Waals surface area contributed by atoms with E-state index in [4.69, 9.17) is 4.74 Å². The first-order valence-corrected chi connectivity index (χ1v) is 9.19. The Labute approximate surface area is 148 Å². The molecule has 0 aliphatic heterocycles. The van der Waals surface area contributed by atoms with Gasteiger partial charge in [0.05, 0.1) is 14.7 Å². The quantitative estimate of drug-likeness (QED) is 0.602. The van der Waals surface area contributed by atoms with E-state index in [1.165, 1.54) is 11.1 Å². The van der Waals surface area contributed by atoms with Crippen LogP contribution in [0.4, 0.5) is 0 Å². The number of likely N-dealkylation sites (N-methyl/N-ethyl adjacent to an activating group) is 1. The second-order valence-electron chi connectivity index (χ2n) is 4.28. The summed E-state index contributed by atoms with van der Waals surface area (Å²) >= 11 is 12.5. The van der Waals surface area contributed by atoms with Crippen molar-refractivity contribution in [1.29, 1.82) is 0 Å². The van der Waals surface area contributed by atoms with E-state index in [1.807, 2.05) is 19.2 Å². The van der Waals surface area contributed by atoms with Gasteiger partial charge in [0.2, 0.25) is 0 Å². The fourth-order valence-electron chi connectivity index (χ4n) is 2.01. The highest BCUT2D eigenvalue weighted by molar-refractivity contribution is 9.12. The summed E-state index contributed by atoms with van der Waals surface area (Å²) in [6, 6.07) is 8.46. The Kier molecular flexibility index (Phi) is 6.10. The number of halogens is 3. The molecule has 0 radical (unpaired) electrons. The van der Waals surface area contributed by atoms with Gasteiger partial charge in [-0.25, -0.2) is 0 Å². The van der Waals surface area contributed by atoms with E-state index in [0.717, 1.165) is 24.2 Å². The normalized spacial score (nSPS) is 12.4. The van der Waals surface area contributed by atoms with Gasteiger partial charge in [-0.05, 0) is 80.7 Å². The molecule has 1 N–H and O–H groups in total. The summed E-state index contributed by atoms with van der Waals surface area (Å²) in [6.45, 7) is 0. The van der Waals surface area contributed by atoms with E-state index >= 15 is 0 Å². The van der Waals surface area contributed by atoms with Crippen LogP contribution >= 0.6 is 59.1 Å². The Morgan fingerprint density at radius 3 is 2.55 bits per heavy atom. The largest absolute Gasteiger partial charge is 0.497 e. The minimum absolute atomic E-state index is 0.246. The molecule has 6 heteroatoms. The van der Waals surface area contributed by atoms with Gasteiger partial charge in [-0.3, -0.25) is 0 Å². The number of rotatable bonds is 5. The maximum Gasteiger partial charge on any atom is 0.119 e. The number of ether oxygens (including phenoxy) is 1. The third-order valence-corrected chi connectivity index (χ3v) is 6.24. The molecule has 0 bridgehead atoms. The zero-order valence-electron chi connectivity index (χ0n) is 11.0. The molecule has 2 rings (SSSR count). The van der Waals surface area contributed by atoms with E-state index in [0.29, 0.717) is 0 Å². The highest BCUT2D eigenvalue weighted by Gasteiger charge is 2.17. The summed E-state index contributed by atoms with van der Waals surface area (Å²) in [6.07, 6.45) is 0.885. The first kappa shape index (κ1) is 16.5. The van der Waals surface area contributed by atoms with Crippen LogP contribution in [0.5, 0.6) is 5.75 Å². The monoisotopic (exact) mass is 481 g/mol. The lowest BCUT2D eigenvalue weighted by molar-refractivity contribution is 0.414.